The van der Waals surface area contributed by atoms with Crippen LogP contribution in [0.1, 0.15) is 72.0 Å². The largest absolute Gasteiger partial charge is 0.444 e. The average molecular weight is 484 g/mol. The van der Waals surface area contributed by atoms with Crippen molar-refractivity contribution in [3.63, 3.8) is 0 Å². The van der Waals surface area contributed by atoms with Gasteiger partial charge >= 0.3 is 6.09 Å². The molecule has 1 aliphatic heterocycles. The normalized spacial score (nSPS) is 15.3. The highest BCUT2D eigenvalue weighted by atomic mass is 16.6. The van der Waals surface area contributed by atoms with E-state index in [4.69, 9.17) is 9.84 Å². The van der Waals surface area contributed by atoms with E-state index in [-0.39, 0.29) is 17.7 Å². The first kappa shape index (κ1) is 24.9. The first-order valence-electron chi connectivity index (χ1n) is 11.8. The van der Waals surface area contributed by atoms with Crippen molar-refractivity contribution in [3.05, 3.63) is 101 Å². The Morgan fingerprint density at radius 3 is 2.08 bits per heavy atom. The van der Waals surface area contributed by atoms with Gasteiger partial charge in [-0.1, -0.05) is 54.6 Å². The van der Waals surface area contributed by atoms with Crippen LogP contribution in [0.5, 0.6) is 0 Å². The predicted molar refractivity (Wildman–Crippen MR) is 139 cm³/mol. The van der Waals surface area contributed by atoms with Crippen molar-refractivity contribution in [2.75, 3.05) is 5.32 Å². The molecule has 0 saturated carbocycles. The monoisotopic (exact) mass is 483 g/mol. The zero-order chi connectivity index (χ0) is 25.9. The molecule has 1 N–H and O–H groups in total. The van der Waals surface area contributed by atoms with E-state index in [9.17, 15) is 14.4 Å². The molecule has 0 spiro atoms. The smallest absolute Gasteiger partial charge is 0.412 e. The number of nitrogens with zero attached hydrogens (tertiary/aromatic N) is 2. The Balaban J connectivity index is 1.58. The number of nitrogens with one attached hydrogen (secondary N) is 1. The van der Waals surface area contributed by atoms with E-state index >= 15 is 0 Å². The van der Waals surface area contributed by atoms with Gasteiger partial charge in [-0.15, -0.1) is 0 Å². The van der Waals surface area contributed by atoms with E-state index in [0.717, 1.165) is 16.8 Å². The maximum Gasteiger partial charge on any atom is 0.412 e. The van der Waals surface area contributed by atoms with E-state index in [1.54, 1.807) is 36.4 Å². The molecule has 0 aromatic heterocycles. The summed E-state index contributed by atoms with van der Waals surface area (Å²) in [6.45, 7) is 6.92. The van der Waals surface area contributed by atoms with Crippen molar-refractivity contribution in [1.29, 1.82) is 0 Å². The van der Waals surface area contributed by atoms with E-state index < -0.39 is 11.7 Å². The summed E-state index contributed by atoms with van der Waals surface area (Å²) in [6, 6.07) is 23.4. The zero-order valence-electron chi connectivity index (χ0n) is 20.8. The minimum absolute atomic E-state index is 0.0535. The highest BCUT2D eigenvalue weighted by Gasteiger charge is 2.33. The van der Waals surface area contributed by atoms with Crippen molar-refractivity contribution in [2.24, 2.45) is 5.10 Å². The van der Waals surface area contributed by atoms with Crippen molar-refractivity contribution < 1.29 is 19.1 Å². The van der Waals surface area contributed by atoms with E-state index in [1.807, 2.05) is 63.2 Å². The molecule has 1 heterocycles. The summed E-state index contributed by atoms with van der Waals surface area (Å²) in [6.07, 6.45) is 0.0188. The Morgan fingerprint density at radius 1 is 0.889 bits per heavy atom. The van der Waals surface area contributed by atoms with Crippen LogP contribution < -0.4 is 5.32 Å². The number of rotatable bonds is 5. The van der Waals surface area contributed by atoms with Crippen LogP contribution in [-0.4, -0.2) is 34.1 Å². The van der Waals surface area contributed by atoms with Gasteiger partial charge in [0.05, 0.1) is 11.8 Å². The van der Waals surface area contributed by atoms with E-state index in [2.05, 4.69) is 5.32 Å². The number of hydrazone groups is 1. The number of hydrogen-bond acceptors (Lipinski definition) is 5. The lowest BCUT2D eigenvalue weighted by atomic mass is 9.98. The fourth-order valence-electron chi connectivity index (χ4n) is 3.95. The second kappa shape index (κ2) is 10.2. The van der Waals surface area contributed by atoms with Gasteiger partial charge < -0.3 is 4.74 Å². The van der Waals surface area contributed by atoms with Gasteiger partial charge in [0.2, 0.25) is 0 Å². The molecule has 0 saturated heterocycles. The molecule has 0 bridgehead atoms. The molecule has 0 fully saturated rings. The lowest BCUT2D eigenvalue weighted by molar-refractivity contribution is 0.0634. The summed E-state index contributed by atoms with van der Waals surface area (Å²) in [4.78, 5) is 37.1. The summed E-state index contributed by atoms with van der Waals surface area (Å²) in [7, 11) is 0. The topological polar surface area (TPSA) is 88.1 Å². The fraction of sp³-hybridized carbons (Fsp3) is 0.241. The third kappa shape index (κ3) is 5.86. The van der Waals surface area contributed by atoms with Crippen molar-refractivity contribution in [2.45, 2.75) is 45.8 Å². The number of carbonyl (C=O) groups excluding carboxylic acids is 3. The molecule has 1 unspecified atom stereocenters. The van der Waals surface area contributed by atoms with Crippen LogP contribution >= 0.6 is 0 Å². The molecule has 7 heteroatoms. The van der Waals surface area contributed by atoms with Crippen LogP contribution in [0.3, 0.4) is 0 Å². The molecule has 3 aromatic carbocycles. The highest BCUT2D eigenvalue weighted by molar-refractivity contribution is 6.05. The molecular weight excluding hydrogens is 454 g/mol. The Kier molecular flexibility index (Phi) is 7.01. The molecule has 0 radical (unpaired) electrons. The maximum atomic E-state index is 13.5. The quantitative estimate of drug-likeness (QED) is 0.436. The molecule has 7 nitrogen and oxygen atoms in total. The molecular formula is C29H29N3O4. The highest BCUT2D eigenvalue weighted by Crippen LogP contribution is 2.34. The SMILES string of the molecule is CC(=O)c1ccc(C(=O)N2N=C(c3ccc(NC(=O)OC(C)(C)C)cc3)CC2c2ccccc2)cc1. The number of benzene rings is 3. The summed E-state index contributed by atoms with van der Waals surface area (Å²) in [5, 5.41) is 8.95. The van der Waals surface area contributed by atoms with E-state index in [0.29, 0.717) is 23.2 Å². The second-order valence-corrected chi connectivity index (χ2v) is 9.66. The minimum Gasteiger partial charge on any atom is -0.444 e. The molecule has 184 valence electrons. The van der Waals surface area contributed by atoms with Gasteiger partial charge in [0.1, 0.15) is 5.60 Å². The van der Waals surface area contributed by atoms with Crippen LogP contribution in [0, 0.1) is 0 Å². The predicted octanol–water partition coefficient (Wildman–Crippen LogP) is 6.23. The Bertz CT molecular complexity index is 1290. The van der Waals surface area contributed by atoms with Crippen molar-refractivity contribution in [3.8, 4) is 0 Å². The molecule has 1 atom stereocenters. The standard InChI is InChI=1S/C29H29N3O4/c1-19(33)20-10-12-23(13-11-20)27(34)32-26(22-8-6-5-7-9-22)18-25(31-32)21-14-16-24(17-15-21)30-28(35)36-29(2,3)4/h5-17,26H,18H2,1-4H3,(H,30,35). The summed E-state index contributed by atoms with van der Waals surface area (Å²) >= 11 is 0. The lowest BCUT2D eigenvalue weighted by Gasteiger charge is -2.22. The van der Waals surface area contributed by atoms with Crippen molar-refractivity contribution in [1.82, 2.24) is 5.01 Å². The zero-order valence-corrected chi connectivity index (χ0v) is 20.8. The van der Waals surface area contributed by atoms with Gasteiger partial charge in [0, 0.05) is 23.2 Å². The van der Waals surface area contributed by atoms with Gasteiger partial charge in [-0.3, -0.25) is 14.9 Å². The number of carbonyl (C=O) groups is 3. The maximum absolute atomic E-state index is 13.5. The number of ether oxygens (including phenoxy) is 1. The summed E-state index contributed by atoms with van der Waals surface area (Å²) in [5.74, 6) is -0.292. The van der Waals surface area contributed by atoms with Gasteiger partial charge in [0.25, 0.3) is 5.91 Å². The first-order chi connectivity index (χ1) is 17.1. The van der Waals surface area contributed by atoms with Crippen LogP contribution in [0.15, 0.2) is 84.0 Å². The van der Waals surface area contributed by atoms with Crippen LogP contribution in [0.2, 0.25) is 0 Å². The third-order valence-corrected chi connectivity index (χ3v) is 5.70. The number of amides is 2. The van der Waals surface area contributed by atoms with Gasteiger partial charge in [-0.05, 0) is 63.1 Å². The summed E-state index contributed by atoms with van der Waals surface area (Å²) in [5.41, 5.74) is 3.63. The Labute approximate surface area is 210 Å². The summed E-state index contributed by atoms with van der Waals surface area (Å²) < 4.78 is 5.30. The van der Waals surface area contributed by atoms with Crippen LogP contribution in [0.25, 0.3) is 0 Å². The van der Waals surface area contributed by atoms with Crippen LogP contribution in [-0.2, 0) is 4.74 Å². The molecule has 3 aromatic rings. The van der Waals surface area contributed by atoms with Gasteiger partial charge in [-0.2, -0.15) is 5.10 Å². The number of ketones is 1. The molecule has 4 rings (SSSR count). The average Bonchev–Trinajstić information content (AvgIpc) is 3.29. The lowest BCUT2D eigenvalue weighted by Crippen LogP contribution is -2.27. The fourth-order valence-corrected chi connectivity index (χ4v) is 3.95. The molecule has 2 amide bonds. The third-order valence-electron chi connectivity index (χ3n) is 5.70. The Morgan fingerprint density at radius 2 is 1.50 bits per heavy atom. The number of anilines is 1. The van der Waals surface area contributed by atoms with Gasteiger partial charge in [0.15, 0.2) is 5.78 Å². The second-order valence-electron chi connectivity index (χ2n) is 9.66. The van der Waals surface area contributed by atoms with E-state index in [1.165, 1.54) is 11.9 Å². The first-order valence-corrected chi connectivity index (χ1v) is 11.8. The van der Waals surface area contributed by atoms with Crippen LogP contribution in [0.4, 0.5) is 10.5 Å². The Hall–Kier alpha value is -4.26. The van der Waals surface area contributed by atoms with Gasteiger partial charge in [-0.25, -0.2) is 9.80 Å². The van der Waals surface area contributed by atoms with Crippen molar-refractivity contribution >= 4 is 29.2 Å². The number of Topliss-reactive ketones (excluding diaryl/α,β-unsaturated/α-hetero) is 1. The molecule has 36 heavy (non-hydrogen) atoms. The number of hydrogen-bond donors (Lipinski definition) is 1. The minimum atomic E-state index is -0.586. The molecule has 0 aliphatic carbocycles. The molecule has 1 aliphatic rings.